The molecule has 21 heavy (non-hydrogen) atoms. The van der Waals surface area contributed by atoms with Gasteiger partial charge in [0.2, 0.25) is 0 Å². The molecule has 3 rings (SSSR count). The highest BCUT2D eigenvalue weighted by Gasteiger charge is 2.20. The van der Waals surface area contributed by atoms with Gasteiger partial charge in [0, 0.05) is 24.8 Å². The average molecular weight is 280 g/mol. The summed E-state index contributed by atoms with van der Waals surface area (Å²) in [6.45, 7) is 3.12. The zero-order valence-electron chi connectivity index (χ0n) is 12.5. The number of pyridine rings is 1. The zero-order chi connectivity index (χ0) is 14.7. The first-order valence-corrected chi connectivity index (χ1v) is 7.36. The van der Waals surface area contributed by atoms with Gasteiger partial charge in [0.05, 0.1) is 17.3 Å². The van der Waals surface area contributed by atoms with Crippen LogP contribution in [0, 0.1) is 0 Å². The Labute approximate surface area is 124 Å². The van der Waals surface area contributed by atoms with E-state index < -0.39 is 0 Å². The maximum absolute atomic E-state index is 4.75. The fraction of sp³-hybridized carbons (Fsp3) is 0.294. The van der Waals surface area contributed by atoms with Crippen molar-refractivity contribution in [2.75, 3.05) is 6.54 Å². The minimum absolute atomic E-state index is 0.0738. The van der Waals surface area contributed by atoms with Gasteiger partial charge in [-0.1, -0.05) is 31.2 Å². The van der Waals surface area contributed by atoms with Crippen molar-refractivity contribution in [3.8, 4) is 0 Å². The van der Waals surface area contributed by atoms with Crippen LogP contribution in [0.2, 0.25) is 0 Å². The van der Waals surface area contributed by atoms with Crippen LogP contribution in [-0.4, -0.2) is 21.3 Å². The fourth-order valence-electron chi connectivity index (χ4n) is 2.66. The van der Waals surface area contributed by atoms with Crippen molar-refractivity contribution in [3.05, 3.63) is 60.0 Å². The molecule has 0 spiro atoms. The lowest BCUT2D eigenvalue weighted by molar-refractivity contribution is 0.577. The van der Waals surface area contributed by atoms with Crippen LogP contribution in [0.25, 0.3) is 10.9 Å². The van der Waals surface area contributed by atoms with Crippen molar-refractivity contribution in [3.63, 3.8) is 0 Å². The molecule has 1 aromatic carbocycles. The number of nitrogens with zero attached hydrogens (tertiary/aromatic N) is 3. The van der Waals surface area contributed by atoms with Crippen molar-refractivity contribution < 1.29 is 0 Å². The third-order valence-electron chi connectivity index (χ3n) is 3.68. The van der Waals surface area contributed by atoms with Crippen LogP contribution in [0.1, 0.15) is 30.6 Å². The van der Waals surface area contributed by atoms with Crippen molar-refractivity contribution in [2.45, 2.75) is 19.4 Å². The Bertz CT molecular complexity index is 718. The highest BCUT2D eigenvalue weighted by molar-refractivity contribution is 5.82. The van der Waals surface area contributed by atoms with Crippen molar-refractivity contribution in [1.82, 2.24) is 20.1 Å². The molecule has 4 heteroatoms. The summed E-state index contributed by atoms with van der Waals surface area (Å²) in [5.41, 5.74) is 3.36. The molecule has 1 N–H and O–H groups in total. The number of hydrogen-bond donors (Lipinski definition) is 1. The summed E-state index contributed by atoms with van der Waals surface area (Å²) < 4.78 is 1.95. The molecule has 0 radical (unpaired) electrons. The van der Waals surface area contributed by atoms with Crippen molar-refractivity contribution in [2.24, 2.45) is 7.05 Å². The van der Waals surface area contributed by atoms with Gasteiger partial charge in [0.25, 0.3) is 0 Å². The highest BCUT2D eigenvalue weighted by atomic mass is 15.3. The van der Waals surface area contributed by atoms with E-state index in [2.05, 4.69) is 41.5 Å². The Balaban J connectivity index is 2.10. The number of rotatable bonds is 5. The number of aryl methyl sites for hydroxylation is 1. The summed E-state index contributed by atoms with van der Waals surface area (Å²) in [5.74, 6) is 0. The number of benzene rings is 1. The molecule has 108 valence electrons. The predicted molar refractivity (Wildman–Crippen MR) is 85.1 cm³/mol. The van der Waals surface area contributed by atoms with E-state index in [0.29, 0.717) is 0 Å². The maximum Gasteiger partial charge on any atom is 0.0918 e. The lowest BCUT2D eigenvalue weighted by Gasteiger charge is -2.17. The Hall–Kier alpha value is -2.20. The fourth-order valence-corrected chi connectivity index (χ4v) is 2.66. The number of hydrogen-bond acceptors (Lipinski definition) is 3. The molecule has 0 saturated heterocycles. The van der Waals surface area contributed by atoms with Crippen LogP contribution in [0.15, 0.2) is 48.8 Å². The molecule has 0 aliphatic heterocycles. The van der Waals surface area contributed by atoms with Gasteiger partial charge in [0.15, 0.2) is 0 Å². The van der Waals surface area contributed by atoms with Crippen LogP contribution in [0.4, 0.5) is 0 Å². The van der Waals surface area contributed by atoms with E-state index in [1.54, 1.807) is 6.20 Å². The van der Waals surface area contributed by atoms with Crippen LogP contribution < -0.4 is 5.32 Å². The highest BCUT2D eigenvalue weighted by Crippen LogP contribution is 2.27. The number of nitrogens with one attached hydrogen (secondary N) is 1. The topological polar surface area (TPSA) is 42.7 Å². The van der Waals surface area contributed by atoms with E-state index in [1.165, 1.54) is 5.39 Å². The Morgan fingerprint density at radius 2 is 2.05 bits per heavy atom. The minimum atomic E-state index is 0.0738. The summed E-state index contributed by atoms with van der Waals surface area (Å²) >= 11 is 0. The lowest BCUT2D eigenvalue weighted by atomic mass is 10.0. The number of para-hydroxylation sites is 1. The second-order valence-electron chi connectivity index (χ2n) is 5.20. The molecule has 0 saturated carbocycles. The van der Waals surface area contributed by atoms with Gasteiger partial charge < -0.3 is 5.32 Å². The number of aromatic nitrogens is 3. The summed E-state index contributed by atoms with van der Waals surface area (Å²) in [6.07, 6.45) is 4.80. The second-order valence-corrected chi connectivity index (χ2v) is 5.20. The van der Waals surface area contributed by atoms with E-state index in [-0.39, 0.29) is 6.04 Å². The molecule has 4 nitrogen and oxygen atoms in total. The number of fused-ring (bicyclic) bond motifs is 1. The van der Waals surface area contributed by atoms with Gasteiger partial charge in [-0.15, -0.1) is 0 Å². The molecule has 0 aliphatic carbocycles. The van der Waals surface area contributed by atoms with Gasteiger partial charge in [0.1, 0.15) is 0 Å². The van der Waals surface area contributed by atoms with E-state index in [9.17, 15) is 0 Å². The van der Waals surface area contributed by atoms with Crippen molar-refractivity contribution >= 4 is 10.9 Å². The normalized spacial score (nSPS) is 12.7. The lowest BCUT2D eigenvalue weighted by Crippen LogP contribution is -2.24. The largest absolute Gasteiger partial charge is 0.305 e. The zero-order valence-corrected chi connectivity index (χ0v) is 12.5. The monoisotopic (exact) mass is 280 g/mol. The molecule has 1 atom stereocenters. The van der Waals surface area contributed by atoms with E-state index in [1.807, 2.05) is 30.1 Å². The Kier molecular flexibility index (Phi) is 3.97. The van der Waals surface area contributed by atoms with Crippen LogP contribution >= 0.6 is 0 Å². The van der Waals surface area contributed by atoms with E-state index >= 15 is 0 Å². The predicted octanol–water partition coefficient (Wildman–Crippen LogP) is 3.06. The van der Waals surface area contributed by atoms with Crippen LogP contribution in [-0.2, 0) is 7.05 Å². The molecule has 2 heterocycles. The second kappa shape index (κ2) is 6.06. The van der Waals surface area contributed by atoms with E-state index in [4.69, 9.17) is 5.10 Å². The van der Waals surface area contributed by atoms with Gasteiger partial charge in [-0.25, -0.2) is 0 Å². The molecule has 0 fully saturated rings. The molecule has 0 bridgehead atoms. The minimum Gasteiger partial charge on any atom is -0.305 e. The van der Waals surface area contributed by atoms with Gasteiger partial charge in [-0.05, 0) is 30.7 Å². The summed E-state index contributed by atoms with van der Waals surface area (Å²) in [4.78, 5) is 4.25. The SMILES string of the molecule is CCCNC(c1cccnc1)c1nn(C)c2ccccc12. The molecular formula is C17H20N4. The quantitative estimate of drug-likeness (QED) is 0.781. The first-order valence-electron chi connectivity index (χ1n) is 7.36. The third-order valence-corrected chi connectivity index (χ3v) is 3.68. The molecule has 0 aliphatic rings. The molecule has 2 aromatic heterocycles. The summed E-state index contributed by atoms with van der Waals surface area (Å²) in [6, 6.07) is 12.5. The Morgan fingerprint density at radius 1 is 1.19 bits per heavy atom. The van der Waals surface area contributed by atoms with Gasteiger partial charge in [-0.3, -0.25) is 9.67 Å². The smallest absolute Gasteiger partial charge is 0.0918 e. The van der Waals surface area contributed by atoms with E-state index in [0.717, 1.165) is 29.7 Å². The molecule has 3 aromatic rings. The molecule has 1 unspecified atom stereocenters. The maximum atomic E-state index is 4.75. The Morgan fingerprint density at radius 3 is 2.81 bits per heavy atom. The van der Waals surface area contributed by atoms with Crippen LogP contribution in [0.5, 0.6) is 0 Å². The van der Waals surface area contributed by atoms with Gasteiger partial charge >= 0.3 is 0 Å². The third kappa shape index (κ3) is 2.67. The first kappa shape index (κ1) is 13.8. The van der Waals surface area contributed by atoms with Crippen LogP contribution in [0.3, 0.4) is 0 Å². The summed E-state index contributed by atoms with van der Waals surface area (Å²) in [5, 5.41) is 9.53. The first-order chi connectivity index (χ1) is 10.3. The molecule has 0 amide bonds. The summed E-state index contributed by atoms with van der Waals surface area (Å²) in [7, 11) is 1.99. The standard InChI is InChI=1S/C17H20N4/c1-3-10-19-16(13-7-6-11-18-12-13)17-14-8-4-5-9-15(14)21(2)20-17/h4-9,11-12,16,19H,3,10H2,1-2H3. The average Bonchev–Trinajstić information content (AvgIpc) is 2.87. The molecular weight excluding hydrogens is 260 g/mol. The van der Waals surface area contributed by atoms with Gasteiger partial charge in [-0.2, -0.15) is 5.10 Å². The van der Waals surface area contributed by atoms with Crippen molar-refractivity contribution in [1.29, 1.82) is 0 Å².